The van der Waals surface area contributed by atoms with Crippen molar-refractivity contribution in [1.29, 1.82) is 0 Å². The normalized spacial score (nSPS) is 20.5. The molecule has 1 aromatic rings. The van der Waals surface area contributed by atoms with Gasteiger partial charge in [-0.15, -0.1) is 0 Å². The van der Waals surface area contributed by atoms with E-state index in [1.54, 1.807) is 0 Å². The Balaban J connectivity index is 1.84. The summed E-state index contributed by atoms with van der Waals surface area (Å²) >= 11 is 2.07. The Morgan fingerprint density at radius 1 is 1.44 bits per heavy atom. The molecule has 2 nitrogen and oxygen atoms in total. The van der Waals surface area contributed by atoms with Crippen LogP contribution in [0.2, 0.25) is 0 Å². The zero-order valence-corrected chi connectivity index (χ0v) is 10.7. The molecule has 2 N–H and O–H groups in total. The third kappa shape index (κ3) is 2.92. The molecule has 1 aliphatic heterocycles. The summed E-state index contributed by atoms with van der Waals surface area (Å²) in [4.78, 5) is 2.48. The summed E-state index contributed by atoms with van der Waals surface area (Å²) < 4.78 is 0. The molecule has 1 saturated heterocycles. The van der Waals surface area contributed by atoms with Gasteiger partial charge in [0, 0.05) is 24.0 Å². The van der Waals surface area contributed by atoms with Crippen LogP contribution in [0.1, 0.15) is 12.0 Å². The zero-order valence-electron chi connectivity index (χ0n) is 9.86. The summed E-state index contributed by atoms with van der Waals surface area (Å²) in [7, 11) is 2.23. The highest BCUT2D eigenvalue weighted by atomic mass is 32.2. The minimum absolute atomic E-state index is 0.773. The quantitative estimate of drug-likeness (QED) is 0.813. The Morgan fingerprint density at radius 2 is 2.25 bits per heavy atom. The van der Waals surface area contributed by atoms with Crippen LogP contribution in [0.3, 0.4) is 0 Å². The number of anilines is 1. The Kier molecular flexibility index (Phi) is 4.13. The molecule has 0 aliphatic carbocycles. The van der Waals surface area contributed by atoms with Crippen molar-refractivity contribution >= 4 is 17.4 Å². The average Bonchev–Trinajstić information content (AvgIpc) is 2.81. The fraction of sp³-hybridized carbons (Fsp3) is 0.538. The van der Waals surface area contributed by atoms with Gasteiger partial charge in [0.05, 0.1) is 0 Å². The maximum atomic E-state index is 5.94. The summed E-state index contributed by atoms with van der Waals surface area (Å²) in [5.41, 5.74) is 8.14. The molecule has 0 saturated carbocycles. The van der Waals surface area contributed by atoms with Crippen molar-refractivity contribution in [2.24, 2.45) is 0 Å². The highest BCUT2D eigenvalue weighted by Crippen LogP contribution is 2.21. The van der Waals surface area contributed by atoms with Crippen molar-refractivity contribution in [1.82, 2.24) is 4.90 Å². The third-order valence-electron chi connectivity index (χ3n) is 3.32. The van der Waals surface area contributed by atoms with Crippen LogP contribution in [0.5, 0.6) is 0 Å². The molecule has 0 aromatic heterocycles. The lowest BCUT2D eigenvalue weighted by Crippen LogP contribution is -2.33. The summed E-state index contributed by atoms with van der Waals surface area (Å²) in [6.45, 7) is 1.11. The number of para-hydroxylation sites is 1. The van der Waals surface area contributed by atoms with E-state index in [0.717, 1.165) is 24.7 Å². The fourth-order valence-electron chi connectivity index (χ4n) is 2.11. The number of hydrogen-bond donors (Lipinski definition) is 1. The molecule has 0 radical (unpaired) electrons. The lowest BCUT2D eigenvalue weighted by atomic mass is 10.1. The number of benzene rings is 1. The van der Waals surface area contributed by atoms with Gasteiger partial charge in [-0.2, -0.15) is 11.8 Å². The molecular formula is C13H20N2S. The molecule has 3 heteroatoms. The van der Waals surface area contributed by atoms with E-state index in [-0.39, 0.29) is 0 Å². The van der Waals surface area contributed by atoms with Gasteiger partial charge in [0.2, 0.25) is 0 Å². The predicted octanol–water partition coefficient (Wildman–Crippen LogP) is 2.25. The number of nitrogen functional groups attached to an aromatic ring is 1. The van der Waals surface area contributed by atoms with Crippen LogP contribution in [0.15, 0.2) is 24.3 Å². The first-order chi connectivity index (χ1) is 7.77. The Bertz CT molecular complexity index is 334. The molecule has 0 bridgehead atoms. The lowest BCUT2D eigenvalue weighted by molar-refractivity contribution is 0.266. The van der Waals surface area contributed by atoms with Gasteiger partial charge in [-0.3, -0.25) is 0 Å². The number of nitrogens with two attached hydrogens (primary N) is 1. The molecule has 1 unspecified atom stereocenters. The Morgan fingerprint density at radius 3 is 2.94 bits per heavy atom. The van der Waals surface area contributed by atoms with Crippen LogP contribution in [-0.4, -0.2) is 36.0 Å². The predicted molar refractivity (Wildman–Crippen MR) is 72.9 cm³/mol. The summed E-state index contributed by atoms with van der Waals surface area (Å²) in [5, 5.41) is 0. The first-order valence-electron chi connectivity index (χ1n) is 5.89. The monoisotopic (exact) mass is 236 g/mol. The number of hydrogen-bond acceptors (Lipinski definition) is 3. The molecule has 1 fully saturated rings. The first-order valence-corrected chi connectivity index (χ1v) is 7.04. The second-order valence-electron chi connectivity index (χ2n) is 4.45. The second-order valence-corrected chi connectivity index (χ2v) is 5.60. The van der Waals surface area contributed by atoms with E-state index in [0.29, 0.717) is 0 Å². The second kappa shape index (κ2) is 5.60. The van der Waals surface area contributed by atoms with Gasteiger partial charge >= 0.3 is 0 Å². The maximum Gasteiger partial charge on any atom is 0.0347 e. The van der Waals surface area contributed by atoms with Crippen molar-refractivity contribution in [2.75, 3.05) is 30.8 Å². The summed E-state index contributed by atoms with van der Waals surface area (Å²) in [6.07, 6.45) is 2.40. The van der Waals surface area contributed by atoms with Gasteiger partial charge in [-0.05, 0) is 37.3 Å². The molecule has 2 rings (SSSR count). The van der Waals surface area contributed by atoms with E-state index in [1.807, 2.05) is 12.1 Å². The van der Waals surface area contributed by atoms with Crippen LogP contribution < -0.4 is 5.73 Å². The van der Waals surface area contributed by atoms with Crippen LogP contribution in [0.4, 0.5) is 5.69 Å². The molecule has 16 heavy (non-hydrogen) atoms. The molecule has 0 amide bonds. The molecule has 0 spiro atoms. The third-order valence-corrected chi connectivity index (χ3v) is 4.46. The van der Waals surface area contributed by atoms with E-state index >= 15 is 0 Å². The zero-order chi connectivity index (χ0) is 11.4. The molecule has 1 heterocycles. The maximum absolute atomic E-state index is 5.94. The van der Waals surface area contributed by atoms with Crippen LogP contribution in [-0.2, 0) is 6.42 Å². The standard InChI is InChI=1S/C13H20N2S/c1-15(12-7-9-16-10-12)8-6-11-4-2-3-5-13(11)14/h2-5,12H,6-10,14H2,1H3. The van der Waals surface area contributed by atoms with Gasteiger partial charge in [0.15, 0.2) is 0 Å². The highest BCUT2D eigenvalue weighted by Gasteiger charge is 2.19. The molecule has 1 aromatic carbocycles. The number of thioether (sulfide) groups is 1. The van der Waals surface area contributed by atoms with Crippen LogP contribution >= 0.6 is 11.8 Å². The number of likely N-dealkylation sites (N-methyl/N-ethyl adjacent to an activating group) is 1. The van der Waals surface area contributed by atoms with Gasteiger partial charge in [-0.1, -0.05) is 18.2 Å². The SMILES string of the molecule is CN(CCc1ccccc1N)C1CCSC1. The largest absolute Gasteiger partial charge is 0.399 e. The van der Waals surface area contributed by atoms with Crippen molar-refractivity contribution in [3.05, 3.63) is 29.8 Å². The molecular weight excluding hydrogens is 216 g/mol. The van der Waals surface area contributed by atoms with E-state index in [1.165, 1.54) is 23.5 Å². The fourth-order valence-corrected chi connectivity index (χ4v) is 3.41. The lowest BCUT2D eigenvalue weighted by Gasteiger charge is -2.23. The van der Waals surface area contributed by atoms with Gasteiger partial charge in [0.25, 0.3) is 0 Å². The van der Waals surface area contributed by atoms with E-state index in [4.69, 9.17) is 5.73 Å². The topological polar surface area (TPSA) is 29.3 Å². The van der Waals surface area contributed by atoms with Crippen molar-refractivity contribution in [3.8, 4) is 0 Å². The number of nitrogens with zero attached hydrogens (tertiary/aromatic N) is 1. The average molecular weight is 236 g/mol. The number of rotatable bonds is 4. The van der Waals surface area contributed by atoms with E-state index in [9.17, 15) is 0 Å². The molecule has 1 aliphatic rings. The summed E-state index contributed by atoms with van der Waals surface area (Å²) in [6, 6.07) is 8.95. The van der Waals surface area contributed by atoms with Crippen molar-refractivity contribution < 1.29 is 0 Å². The van der Waals surface area contributed by atoms with E-state index in [2.05, 4.69) is 35.8 Å². The molecule has 88 valence electrons. The van der Waals surface area contributed by atoms with Gasteiger partial charge in [0.1, 0.15) is 0 Å². The van der Waals surface area contributed by atoms with Crippen LogP contribution in [0, 0.1) is 0 Å². The van der Waals surface area contributed by atoms with Crippen LogP contribution in [0.25, 0.3) is 0 Å². The highest BCUT2D eigenvalue weighted by molar-refractivity contribution is 7.99. The Hall–Kier alpha value is -0.670. The minimum Gasteiger partial charge on any atom is -0.399 e. The van der Waals surface area contributed by atoms with Gasteiger partial charge < -0.3 is 10.6 Å². The van der Waals surface area contributed by atoms with E-state index < -0.39 is 0 Å². The van der Waals surface area contributed by atoms with Gasteiger partial charge in [-0.25, -0.2) is 0 Å². The smallest absolute Gasteiger partial charge is 0.0347 e. The molecule has 1 atom stereocenters. The van der Waals surface area contributed by atoms with Crippen molar-refractivity contribution in [3.63, 3.8) is 0 Å². The summed E-state index contributed by atoms with van der Waals surface area (Å²) in [5.74, 6) is 2.61. The minimum atomic E-state index is 0.773. The Labute approximate surface area is 102 Å². The van der Waals surface area contributed by atoms with Crippen molar-refractivity contribution in [2.45, 2.75) is 18.9 Å². The first kappa shape index (κ1) is 11.8.